The minimum atomic E-state index is -0.850. The van der Waals surface area contributed by atoms with Crippen LogP contribution in [0.4, 0.5) is 0 Å². The lowest BCUT2D eigenvalue weighted by molar-refractivity contribution is 0.0783. The van der Waals surface area contributed by atoms with E-state index in [0.29, 0.717) is 11.6 Å². The third-order valence-corrected chi connectivity index (χ3v) is 4.39. The van der Waals surface area contributed by atoms with Gasteiger partial charge in [0.25, 0.3) is 0 Å². The van der Waals surface area contributed by atoms with Crippen molar-refractivity contribution < 1.29 is 10.2 Å². The molecule has 9 nitrogen and oxygen atoms in total. The van der Waals surface area contributed by atoms with Gasteiger partial charge in [-0.05, 0) is 12.0 Å². The monoisotopic (exact) mass is 381 g/mol. The van der Waals surface area contributed by atoms with Gasteiger partial charge in [-0.1, -0.05) is 13.8 Å². The molecule has 0 fully saturated rings. The van der Waals surface area contributed by atoms with Gasteiger partial charge in [-0.15, -0.1) is 0 Å². The third-order valence-electron chi connectivity index (χ3n) is 4.39. The minimum Gasteiger partial charge on any atom is -0.394 e. The van der Waals surface area contributed by atoms with Crippen LogP contribution < -0.4 is 0 Å². The third kappa shape index (κ3) is 3.67. The maximum Gasteiger partial charge on any atom is 0.0999 e. The van der Waals surface area contributed by atoms with Crippen LogP contribution in [0.5, 0.6) is 0 Å². The molecular weight excluding hydrogens is 358 g/mol. The molecular formula is C19H23N7O2. The lowest BCUT2D eigenvalue weighted by Crippen LogP contribution is -2.19. The van der Waals surface area contributed by atoms with Crippen LogP contribution in [0.25, 0.3) is 28.0 Å². The summed E-state index contributed by atoms with van der Waals surface area (Å²) >= 11 is 0. The lowest BCUT2D eigenvalue weighted by atomic mass is 10.2. The maximum absolute atomic E-state index is 9.61. The standard InChI is InChI=1S/C19H23N7O2/c1-13(2)7-24-9-15(6-22-24)19-18-3-4-20-26(18)11-17(23-19)14-5-21-25(8-14)10-16(28)12-27/h3-6,8-9,11,13,16,27-28H,7,10,12H2,1-2H3. The summed E-state index contributed by atoms with van der Waals surface area (Å²) in [6.07, 6.45) is 10.0. The van der Waals surface area contributed by atoms with Gasteiger partial charge < -0.3 is 10.2 Å². The Bertz CT molecular complexity index is 1080. The molecule has 0 saturated carbocycles. The van der Waals surface area contributed by atoms with E-state index in [2.05, 4.69) is 29.1 Å². The highest BCUT2D eigenvalue weighted by Crippen LogP contribution is 2.26. The molecule has 0 aliphatic rings. The average Bonchev–Trinajstić information content (AvgIpc) is 3.40. The fourth-order valence-electron chi connectivity index (χ4n) is 3.11. The fraction of sp³-hybridized carbons (Fsp3) is 0.368. The van der Waals surface area contributed by atoms with Crippen LogP contribution in [0, 0.1) is 5.92 Å². The Morgan fingerprint density at radius 2 is 1.68 bits per heavy atom. The Morgan fingerprint density at radius 3 is 2.43 bits per heavy atom. The van der Waals surface area contributed by atoms with Gasteiger partial charge in [-0.2, -0.15) is 15.3 Å². The summed E-state index contributed by atoms with van der Waals surface area (Å²) < 4.78 is 5.30. The summed E-state index contributed by atoms with van der Waals surface area (Å²) in [5, 5.41) is 31.7. The predicted octanol–water partition coefficient (Wildman–Crippen LogP) is 1.47. The molecule has 0 saturated heterocycles. The second-order valence-corrected chi connectivity index (χ2v) is 7.27. The Morgan fingerprint density at radius 1 is 0.964 bits per heavy atom. The molecule has 9 heteroatoms. The number of aliphatic hydroxyl groups is 2. The summed E-state index contributed by atoms with van der Waals surface area (Å²) in [7, 11) is 0. The van der Waals surface area contributed by atoms with E-state index in [1.807, 2.05) is 29.3 Å². The van der Waals surface area contributed by atoms with Gasteiger partial charge in [-0.25, -0.2) is 9.50 Å². The second kappa shape index (κ2) is 7.53. The van der Waals surface area contributed by atoms with Crippen molar-refractivity contribution in [3.05, 3.63) is 43.2 Å². The van der Waals surface area contributed by atoms with E-state index in [4.69, 9.17) is 10.1 Å². The first-order chi connectivity index (χ1) is 13.5. The Labute approximate surface area is 161 Å². The zero-order valence-electron chi connectivity index (χ0n) is 15.8. The molecule has 0 aliphatic heterocycles. The summed E-state index contributed by atoms with van der Waals surface area (Å²) in [4.78, 5) is 4.84. The highest BCUT2D eigenvalue weighted by atomic mass is 16.3. The molecule has 2 N–H and O–H groups in total. The van der Waals surface area contributed by atoms with Gasteiger partial charge in [0.15, 0.2) is 0 Å². The molecule has 4 aromatic rings. The smallest absolute Gasteiger partial charge is 0.0999 e. The van der Waals surface area contributed by atoms with Crippen molar-refractivity contribution in [3.8, 4) is 22.5 Å². The van der Waals surface area contributed by atoms with Crippen LogP contribution in [0.1, 0.15) is 13.8 Å². The highest BCUT2D eigenvalue weighted by molar-refractivity contribution is 5.78. The Kier molecular flexibility index (Phi) is 4.93. The van der Waals surface area contributed by atoms with E-state index in [9.17, 15) is 5.11 Å². The van der Waals surface area contributed by atoms with Crippen molar-refractivity contribution in [1.29, 1.82) is 0 Å². The SMILES string of the molecule is CC(C)Cn1cc(-c2nc(-c3cnn(CC(O)CO)c3)cn3nccc23)cn1. The molecule has 0 radical (unpaired) electrons. The second-order valence-electron chi connectivity index (χ2n) is 7.27. The van der Waals surface area contributed by atoms with Crippen LogP contribution >= 0.6 is 0 Å². The normalized spacial score (nSPS) is 12.9. The molecule has 0 amide bonds. The highest BCUT2D eigenvalue weighted by Gasteiger charge is 2.14. The maximum atomic E-state index is 9.61. The summed E-state index contributed by atoms with van der Waals surface area (Å²) in [5.74, 6) is 0.502. The van der Waals surface area contributed by atoms with Gasteiger partial charge in [0, 0.05) is 30.1 Å². The number of rotatable bonds is 7. The fourth-order valence-corrected chi connectivity index (χ4v) is 3.11. The molecule has 1 unspecified atom stereocenters. The number of hydrogen-bond donors (Lipinski definition) is 2. The molecule has 0 aromatic carbocycles. The van der Waals surface area contributed by atoms with Gasteiger partial charge in [0.2, 0.25) is 0 Å². The molecule has 0 aliphatic carbocycles. The number of aliphatic hydroxyl groups excluding tert-OH is 2. The van der Waals surface area contributed by atoms with E-state index in [-0.39, 0.29) is 13.2 Å². The molecule has 0 bridgehead atoms. The van der Waals surface area contributed by atoms with Crippen molar-refractivity contribution in [2.75, 3.05) is 6.61 Å². The zero-order chi connectivity index (χ0) is 19.7. The van der Waals surface area contributed by atoms with E-state index in [0.717, 1.165) is 28.9 Å². The van der Waals surface area contributed by atoms with Gasteiger partial charge in [-0.3, -0.25) is 9.36 Å². The van der Waals surface area contributed by atoms with E-state index in [1.54, 1.807) is 27.8 Å². The number of nitrogens with zero attached hydrogens (tertiary/aromatic N) is 7. The van der Waals surface area contributed by atoms with Crippen LogP contribution in [-0.4, -0.2) is 57.1 Å². The minimum absolute atomic E-state index is 0.218. The first kappa shape index (κ1) is 18.3. The summed E-state index contributed by atoms with van der Waals surface area (Å²) in [6, 6.07) is 1.92. The molecule has 4 aromatic heterocycles. The number of aromatic nitrogens is 7. The molecule has 1 atom stereocenters. The zero-order valence-corrected chi connectivity index (χ0v) is 15.8. The Hall–Kier alpha value is -3.04. The van der Waals surface area contributed by atoms with E-state index >= 15 is 0 Å². The quantitative estimate of drug-likeness (QED) is 0.502. The largest absolute Gasteiger partial charge is 0.394 e. The Balaban J connectivity index is 1.72. The van der Waals surface area contributed by atoms with Crippen molar-refractivity contribution in [1.82, 2.24) is 34.2 Å². The molecule has 4 heterocycles. The van der Waals surface area contributed by atoms with Crippen LogP contribution in [-0.2, 0) is 13.1 Å². The summed E-state index contributed by atoms with van der Waals surface area (Å²) in [5.41, 5.74) is 4.14. The van der Waals surface area contributed by atoms with Crippen molar-refractivity contribution in [3.63, 3.8) is 0 Å². The lowest BCUT2D eigenvalue weighted by Gasteiger charge is -2.07. The molecule has 4 rings (SSSR count). The van der Waals surface area contributed by atoms with Crippen LogP contribution in [0.3, 0.4) is 0 Å². The average molecular weight is 381 g/mol. The van der Waals surface area contributed by atoms with E-state index < -0.39 is 6.10 Å². The number of hydrogen-bond acceptors (Lipinski definition) is 6. The van der Waals surface area contributed by atoms with Crippen molar-refractivity contribution in [2.45, 2.75) is 33.0 Å². The van der Waals surface area contributed by atoms with Gasteiger partial charge in [0.1, 0.15) is 0 Å². The topological polar surface area (TPSA) is 106 Å². The molecule has 28 heavy (non-hydrogen) atoms. The van der Waals surface area contributed by atoms with Crippen LogP contribution in [0.15, 0.2) is 43.2 Å². The predicted molar refractivity (Wildman–Crippen MR) is 103 cm³/mol. The van der Waals surface area contributed by atoms with Crippen LogP contribution in [0.2, 0.25) is 0 Å². The number of fused-ring (bicyclic) bond motifs is 1. The van der Waals surface area contributed by atoms with E-state index in [1.165, 1.54) is 0 Å². The summed E-state index contributed by atoms with van der Waals surface area (Å²) in [6.45, 7) is 5.06. The molecule has 0 spiro atoms. The van der Waals surface area contributed by atoms with Crippen molar-refractivity contribution >= 4 is 5.52 Å². The van der Waals surface area contributed by atoms with Gasteiger partial charge >= 0.3 is 0 Å². The first-order valence-corrected chi connectivity index (χ1v) is 9.22. The molecule has 146 valence electrons. The first-order valence-electron chi connectivity index (χ1n) is 9.22. The van der Waals surface area contributed by atoms with Gasteiger partial charge in [0.05, 0.1) is 60.9 Å². The van der Waals surface area contributed by atoms with Crippen molar-refractivity contribution in [2.24, 2.45) is 5.92 Å².